The summed E-state index contributed by atoms with van der Waals surface area (Å²) in [5.41, 5.74) is 5.72. The van der Waals surface area contributed by atoms with Gasteiger partial charge in [0.15, 0.2) is 17.7 Å². The summed E-state index contributed by atoms with van der Waals surface area (Å²) in [4.78, 5) is 88.2. The van der Waals surface area contributed by atoms with Crippen LogP contribution in [0.2, 0.25) is 0 Å². The smallest absolute Gasteiger partial charge is 0.386 e. The van der Waals surface area contributed by atoms with Gasteiger partial charge in [0.25, 0.3) is 0 Å². The summed E-state index contributed by atoms with van der Waals surface area (Å²) in [6.07, 6.45) is -3.18. The number of rotatable bonds is 21. The van der Waals surface area contributed by atoms with Crippen LogP contribution in [0.15, 0.2) is 43.0 Å². The third kappa shape index (κ3) is 14.0. The summed E-state index contributed by atoms with van der Waals surface area (Å²) < 4.78 is 62.2. The minimum absolute atomic E-state index is 0.0285. The van der Waals surface area contributed by atoms with Gasteiger partial charge in [0.1, 0.15) is 36.3 Å². The van der Waals surface area contributed by atoms with E-state index in [1.54, 1.807) is 12.1 Å². The van der Waals surface area contributed by atoms with E-state index >= 15 is 0 Å². The van der Waals surface area contributed by atoms with E-state index in [2.05, 4.69) is 34.4 Å². The van der Waals surface area contributed by atoms with E-state index in [9.17, 15) is 57.9 Å². The minimum Gasteiger partial charge on any atom is -0.386 e. The molecule has 3 unspecified atom stereocenters. The summed E-state index contributed by atoms with van der Waals surface area (Å²) in [6.45, 7) is 2.31. The molecule has 24 nitrogen and oxygen atoms in total. The number of imidazole rings is 1. The average Bonchev–Trinajstić information content (AvgIpc) is 3.71. The van der Waals surface area contributed by atoms with Crippen molar-refractivity contribution in [3.05, 3.63) is 54.1 Å². The molecule has 1 fully saturated rings. The highest BCUT2D eigenvalue weighted by atomic mass is 32.2. The van der Waals surface area contributed by atoms with Gasteiger partial charge in [-0.15, -0.1) is 0 Å². The van der Waals surface area contributed by atoms with E-state index < -0.39 is 84.6 Å². The van der Waals surface area contributed by atoms with Crippen LogP contribution in [0.3, 0.4) is 0 Å². The fourth-order valence-electron chi connectivity index (χ4n) is 5.28. The molecule has 2 amide bonds. The number of nitrogens with two attached hydrogens (primary N) is 1. The molecule has 2 aromatic heterocycles. The van der Waals surface area contributed by atoms with E-state index in [1.807, 2.05) is 31.2 Å². The average molecular weight is 912 g/mol. The number of aliphatic hydroxyl groups is 2. The predicted octanol–water partition coefficient (Wildman–Crippen LogP) is 1.01. The van der Waals surface area contributed by atoms with Gasteiger partial charge in [-0.05, 0) is 24.6 Å². The second-order valence-corrected chi connectivity index (χ2v) is 18.6. The first kappa shape index (κ1) is 48.2. The van der Waals surface area contributed by atoms with Crippen LogP contribution in [0.1, 0.15) is 49.3 Å². The number of allylic oxidation sites excluding steroid dienone is 1. The number of nitrogen functional groups attached to an aromatic ring is 1. The quantitative estimate of drug-likeness (QED) is 0.0532. The van der Waals surface area contributed by atoms with Crippen molar-refractivity contribution in [2.45, 2.75) is 57.8 Å². The molecular weight excluding hydrogens is 867 g/mol. The first-order chi connectivity index (χ1) is 27.5. The fraction of sp³-hybridized carbons (Fsp3) is 0.484. The van der Waals surface area contributed by atoms with Crippen LogP contribution in [0.25, 0.3) is 17.2 Å². The van der Waals surface area contributed by atoms with Crippen molar-refractivity contribution >= 4 is 75.2 Å². The number of nitrogens with one attached hydrogen (secondary N) is 2. The molecule has 1 aliphatic rings. The van der Waals surface area contributed by atoms with Crippen LogP contribution in [-0.4, -0.2) is 123 Å². The Morgan fingerprint density at radius 1 is 1.03 bits per heavy atom. The first-order valence-electron chi connectivity index (χ1n) is 17.3. The maximum absolute atomic E-state index is 12.7. The maximum Gasteiger partial charge on any atom is 0.481 e. The summed E-state index contributed by atoms with van der Waals surface area (Å²) in [5.74, 6) is -1.19. The SMILES string of the molecule is C/C=C/c1ccc(C(=O)SCCNC(=O)CCNC(=O)C(O)C(C)(C)COP(=O)(O)OP(=O)(O)OC[C@H]2O[C@@H](n3cnc4c(N)ncnc43)[C@H](O)[C@@H]2OP(=O)(O)O)cc1. The van der Waals surface area contributed by atoms with Gasteiger partial charge < -0.3 is 50.9 Å². The lowest BCUT2D eigenvalue weighted by atomic mass is 9.87. The van der Waals surface area contributed by atoms with Crippen molar-refractivity contribution in [1.29, 1.82) is 0 Å². The van der Waals surface area contributed by atoms with Gasteiger partial charge in [0.05, 0.1) is 19.5 Å². The molecule has 3 heterocycles. The molecule has 3 aromatic rings. The Morgan fingerprint density at radius 3 is 2.37 bits per heavy atom. The van der Waals surface area contributed by atoms with Crippen molar-refractivity contribution in [2.24, 2.45) is 5.41 Å². The normalized spacial score (nSPS) is 21.2. The molecule has 1 saturated heterocycles. The molecule has 28 heteroatoms. The van der Waals surface area contributed by atoms with Crippen molar-refractivity contribution in [2.75, 3.05) is 37.8 Å². The number of thioether (sulfide) groups is 1. The number of fused-ring (bicyclic) bond motifs is 1. The summed E-state index contributed by atoms with van der Waals surface area (Å²) in [5, 5.41) is 26.3. The molecule has 0 saturated carbocycles. The van der Waals surface area contributed by atoms with E-state index in [-0.39, 0.29) is 41.6 Å². The second kappa shape index (κ2) is 20.4. The number of carbonyl (C=O) groups is 3. The Hall–Kier alpha value is -3.48. The van der Waals surface area contributed by atoms with E-state index in [4.69, 9.17) is 19.5 Å². The number of phosphoric ester groups is 3. The number of anilines is 1. The van der Waals surface area contributed by atoms with Gasteiger partial charge in [-0.2, -0.15) is 4.31 Å². The predicted molar refractivity (Wildman–Crippen MR) is 208 cm³/mol. The summed E-state index contributed by atoms with van der Waals surface area (Å²) in [7, 11) is -16.4. The van der Waals surface area contributed by atoms with E-state index in [1.165, 1.54) is 13.8 Å². The number of amides is 2. The molecule has 59 heavy (non-hydrogen) atoms. The van der Waals surface area contributed by atoms with Gasteiger partial charge in [-0.3, -0.25) is 32.5 Å². The Morgan fingerprint density at radius 2 is 1.71 bits per heavy atom. The summed E-state index contributed by atoms with van der Waals surface area (Å²) in [6, 6.07) is 7.04. The van der Waals surface area contributed by atoms with Gasteiger partial charge >= 0.3 is 23.5 Å². The van der Waals surface area contributed by atoms with Gasteiger partial charge in [0.2, 0.25) is 16.9 Å². The molecule has 0 spiro atoms. The maximum atomic E-state index is 12.7. The molecule has 0 radical (unpaired) electrons. The first-order valence-corrected chi connectivity index (χ1v) is 22.8. The van der Waals surface area contributed by atoms with Crippen LogP contribution in [-0.2, 0) is 45.9 Å². The largest absolute Gasteiger partial charge is 0.481 e. The van der Waals surface area contributed by atoms with Gasteiger partial charge in [-0.25, -0.2) is 28.6 Å². The van der Waals surface area contributed by atoms with E-state index in [0.29, 0.717) is 11.3 Å². The highest BCUT2D eigenvalue weighted by Crippen LogP contribution is 2.61. The third-order valence-electron chi connectivity index (χ3n) is 8.24. The number of aliphatic hydroxyl groups excluding tert-OH is 2. The lowest BCUT2D eigenvalue weighted by Crippen LogP contribution is -2.46. The zero-order valence-corrected chi connectivity index (χ0v) is 35.0. The molecule has 10 N–H and O–H groups in total. The number of carbonyl (C=O) groups excluding carboxylic acids is 3. The fourth-order valence-corrected chi connectivity index (χ4v) is 8.80. The topological polar surface area (TPSA) is 364 Å². The van der Waals surface area contributed by atoms with Crippen molar-refractivity contribution in [1.82, 2.24) is 30.2 Å². The van der Waals surface area contributed by atoms with Crippen molar-refractivity contribution < 1.29 is 80.5 Å². The molecule has 0 aliphatic carbocycles. The van der Waals surface area contributed by atoms with Crippen LogP contribution in [0.5, 0.6) is 0 Å². The molecule has 1 aromatic carbocycles. The number of phosphoric acid groups is 3. The highest BCUT2D eigenvalue weighted by Gasteiger charge is 2.50. The molecule has 1 aliphatic heterocycles. The zero-order valence-electron chi connectivity index (χ0n) is 31.5. The third-order valence-corrected chi connectivity index (χ3v) is 12.2. The molecule has 4 rings (SSSR count). The Balaban J connectivity index is 1.21. The summed E-state index contributed by atoms with van der Waals surface area (Å²) >= 11 is 1.02. The molecule has 7 atom stereocenters. The number of benzene rings is 1. The molecular formula is C31H44N7O17P3S. The number of ether oxygens (including phenoxy) is 1. The standard InChI is InChI=1S/C31H44N7O17P3S/c1-4-5-18-6-8-19(9-7-18)30(43)59-13-12-33-21(39)10-11-34-28(42)25(41)31(2,3)15-52-58(49,50)55-57(47,48)51-14-20-24(54-56(44,45)46)23(40)29(53-20)38-17-37-22-26(32)35-16-36-27(22)38/h4-9,16-17,20,23-25,29,40-41H,10-15H2,1-3H3,(H,33,39)(H,34,42)(H,47,48)(H,49,50)(H2,32,35,36)(H2,44,45,46)/b5-4+/t20-,23-,24-,25?,29-/m1/s1. The number of hydrogen-bond donors (Lipinski definition) is 9. The Labute approximate surface area is 340 Å². The monoisotopic (exact) mass is 911 g/mol. The zero-order chi connectivity index (χ0) is 43.8. The Bertz CT molecular complexity index is 2140. The highest BCUT2D eigenvalue weighted by molar-refractivity contribution is 8.14. The number of aromatic nitrogens is 4. The van der Waals surface area contributed by atoms with Crippen molar-refractivity contribution in [3.8, 4) is 0 Å². The number of nitrogens with zero attached hydrogens (tertiary/aromatic N) is 4. The van der Waals surface area contributed by atoms with Crippen LogP contribution < -0.4 is 16.4 Å². The number of hydrogen-bond acceptors (Lipinski definition) is 18. The minimum atomic E-state index is -5.58. The van der Waals surface area contributed by atoms with Crippen LogP contribution in [0.4, 0.5) is 5.82 Å². The lowest BCUT2D eigenvalue weighted by molar-refractivity contribution is -0.137. The van der Waals surface area contributed by atoms with Crippen molar-refractivity contribution in [3.63, 3.8) is 0 Å². The molecule has 326 valence electrons. The second-order valence-electron chi connectivity index (χ2n) is 13.3. The van der Waals surface area contributed by atoms with E-state index in [0.717, 1.165) is 34.5 Å². The van der Waals surface area contributed by atoms with Crippen LogP contribution in [0, 0.1) is 5.41 Å². The molecule has 0 bridgehead atoms. The lowest BCUT2D eigenvalue weighted by Gasteiger charge is -2.30. The Kier molecular flexibility index (Phi) is 16.7. The van der Waals surface area contributed by atoms with Gasteiger partial charge in [0, 0.05) is 36.2 Å². The van der Waals surface area contributed by atoms with Crippen LogP contribution >= 0.6 is 35.2 Å². The van der Waals surface area contributed by atoms with Gasteiger partial charge in [-0.1, -0.05) is 49.9 Å².